The van der Waals surface area contributed by atoms with Crippen LogP contribution in [0.2, 0.25) is 0 Å². The second-order valence-electron chi connectivity index (χ2n) is 7.88. The van der Waals surface area contributed by atoms with Crippen LogP contribution in [0.5, 0.6) is 0 Å². The van der Waals surface area contributed by atoms with Crippen molar-refractivity contribution in [1.29, 1.82) is 0 Å². The summed E-state index contributed by atoms with van der Waals surface area (Å²) in [6, 6.07) is 5.61. The first-order valence-corrected chi connectivity index (χ1v) is 10.8. The van der Waals surface area contributed by atoms with Crippen LogP contribution >= 0.6 is 0 Å². The van der Waals surface area contributed by atoms with Crippen LogP contribution in [0.1, 0.15) is 57.6 Å². The summed E-state index contributed by atoms with van der Waals surface area (Å²) >= 11 is 0. The molecule has 1 atom stereocenters. The minimum absolute atomic E-state index is 0.202. The van der Waals surface area contributed by atoms with Gasteiger partial charge in [0, 0.05) is 19.1 Å². The van der Waals surface area contributed by atoms with E-state index >= 15 is 0 Å². The van der Waals surface area contributed by atoms with Gasteiger partial charge in [0.05, 0.1) is 17.9 Å². The average molecular weight is 387 g/mol. The van der Waals surface area contributed by atoms with Crippen LogP contribution in [0.25, 0.3) is 0 Å². The lowest BCUT2D eigenvalue weighted by molar-refractivity contribution is 0.198. The van der Waals surface area contributed by atoms with Crippen LogP contribution in [0.4, 0.5) is 4.39 Å². The molecule has 0 heterocycles. The van der Waals surface area contributed by atoms with E-state index in [1.165, 1.54) is 16.4 Å². The molecule has 0 radical (unpaired) electrons. The van der Waals surface area contributed by atoms with Crippen molar-refractivity contribution in [3.8, 4) is 0 Å². The maximum atomic E-state index is 13.5. The molecule has 1 aromatic rings. The molecule has 5 nitrogen and oxygen atoms in total. The van der Waals surface area contributed by atoms with Gasteiger partial charge in [-0.25, -0.2) is 17.1 Å². The summed E-state index contributed by atoms with van der Waals surface area (Å²) in [7, 11) is -1.72. The summed E-state index contributed by atoms with van der Waals surface area (Å²) in [4.78, 5) is 0. The first-order chi connectivity index (χ1) is 12.2. The van der Waals surface area contributed by atoms with Gasteiger partial charge in [-0.1, -0.05) is 31.4 Å². The molecular weight excluding hydrogens is 355 g/mol. The largest absolute Gasteiger partial charge is 0.394 e. The van der Waals surface area contributed by atoms with E-state index in [0.717, 1.165) is 32.1 Å². The quantitative estimate of drug-likeness (QED) is 0.721. The molecule has 148 valence electrons. The molecule has 1 aliphatic rings. The summed E-state index contributed by atoms with van der Waals surface area (Å²) in [6.45, 7) is 3.85. The summed E-state index contributed by atoms with van der Waals surface area (Å²) in [6.07, 6.45) is 4.48. The maximum absolute atomic E-state index is 13.5. The van der Waals surface area contributed by atoms with Crippen molar-refractivity contribution < 1.29 is 17.9 Å². The van der Waals surface area contributed by atoms with E-state index in [1.807, 2.05) is 13.8 Å². The van der Waals surface area contributed by atoms with Crippen molar-refractivity contribution in [1.82, 2.24) is 9.62 Å². The summed E-state index contributed by atoms with van der Waals surface area (Å²) in [5, 5.41) is 12.7. The third-order valence-electron chi connectivity index (χ3n) is 5.02. The normalized spacial score (nSPS) is 18.2. The first-order valence-electron chi connectivity index (χ1n) is 9.25. The molecule has 0 aromatic heterocycles. The highest BCUT2D eigenvalue weighted by molar-refractivity contribution is 7.89. The van der Waals surface area contributed by atoms with Gasteiger partial charge in [0.2, 0.25) is 10.0 Å². The summed E-state index contributed by atoms with van der Waals surface area (Å²) < 4.78 is 40.6. The van der Waals surface area contributed by atoms with Gasteiger partial charge in [-0.15, -0.1) is 0 Å². The Balaban J connectivity index is 2.06. The number of hydrogen-bond donors (Lipinski definition) is 2. The molecule has 0 amide bonds. The fourth-order valence-corrected chi connectivity index (χ4v) is 5.68. The fourth-order valence-electron chi connectivity index (χ4n) is 3.74. The van der Waals surface area contributed by atoms with E-state index < -0.39 is 21.6 Å². The lowest BCUT2D eigenvalue weighted by atomic mass is 10.00. The SMILES string of the molecule is CN(CC(C)(C)N[C@@H](CO)c1cccc(F)c1)S(=O)(=O)C1CCCCC1. The molecule has 0 spiro atoms. The Labute approximate surface area is 156 Å². The van der Waals surface area contributed by atoms with Crippen molar-refractivity contribution in [2.45, 2.75) is 62.8 Å². The van der Waals surface area contributed by atoms with Crippen molar-refractivity contribution in [3.63, 3.8) is 0 Å². The monoisotopic (exact) mass is 386 g/mol. The highest BCUT2D eigenvalue weighted by Crippen LogP contribution is 2.27. The Morgan fingerprint density at radius 3 is 2.54 bits per heavy atom. The van der Waals surface area contributed by atoms with E-state index in [0.29, 0.717) is 5.56 Å². The smallest absolute Gasteiger partial charge is 0.216 e. The van der Waals surface area contributed by atoms with E-state index in [1.54, 1.807) is 19.2 Å². The van der Waals surface area contributed by atoms with Crippen molar-refractivity contribution in [2.24, 2.45) is 0 Å². The molecule has 0 bridgehead atoms. The van der Waals surface area contributed by atoms with Crippen molar-refractivity contribution >= 4 is 10.0 Å². The molecule has 0 unspecified atom stereocenters. The van der Waals surface area contributed by atoms with Gasteiger partial charge in [0.15, 0.2) is 0 Å². The van der Waals surface area contributed by atoms with E-state index in [4.69, 9.17) is 0 Å². The van der Waals surface area contributed by atoms with Crippen LogP contribution < -0.4 is 5.32 Å². The van der Waals surface area contributed by atoms with Crippen molar-refractivity contribution in [3.05, 3.63) is 35.6 Å². The highest BCUT2D eigenvalue weighted by atomic mass is 32.2. The number of benzene rings is 1. The molecule has 2 rings (SSSR count). The number of nitrogens with zero attached hydrogens (tertiary/aromatic N) is 1. The van der Waals surface area contributed by atoms with Crippen LogP contribution in [-0.2, 0) is 10.0 Å². The van der Waals surface area contributed by atoms with Gasteiger partial charge < -0.3 is 10.4 Å². The first kappa shape index (κ1) is 21.3. The zero-order chi connectivity index (χ0) is 19.4. The Morgan fingerprint density at radius 1 is 1.31 bits per heavy atom. The molecular formula is C19H31FN2O3S. The molecule has 1 aromatic carbocycles. The Morgan fingerprint density at radius 2 is 1.96 bits per heavy atom. The molecule has 2 N–H and O–H groups in total. The Hall–Kier alpha value is -1.02. The predicted octanol–water partition coefficient (Wildman–Crippen LogP) is 2.82. The molecule has 1 fully saturated rings. The minimum Gasteiger partial charge on any atom is -0.394 e. The average Bonchev–Trinajstić information content (AvgIpc) is 2.60. The van der Waals surface area contributed by atoms with Crippen LogP contribution in [0.15, 0.2) is 24.3 Å². The minimum atomic E-state index is -3.34. The lowest BCUT2D eigenvalue weighted by Gasteiger charge is -2.36. The van der Waals surface area contributed by atoms with Crippen LogP contribution in [0.3, 0.4) is 0 Å². The molecule has 1 saturated carbocycles. The second kappa shape index (κ2) is 8.78. The van der Waals surface area contributed by atoms with E-state index in [9.17, 15) is 17.9 Å². The number of aliphatic hydroxyl groups excluding tert-OH is 1. The van der Waals surface area contributed by atoms with Gasteiger partial charge in [0.1, 0.15) is 5.82 Å². The van der Waals surface area contributed by atoms with Crippen LogP contribution in [0, 0.1) is 5.82 Å². The van der Waals surface area contributed by atoms with E-state index in [2.05, 4.69) is 5.32 Å². The number of halogens is 1. The molecule has 0 aliphatic heterocycles. The molecule has 0 saturated heterocycles. The van der Waals surface area contributed by atoms with Gasteiger partial charge in [-0.2, -0.15) is 0 Å². The fraction of sp³-hybridized carbons (Fsp3) is 0.684. The molecule has 26 heavy (non-hydrogen) atoms. The van der Waals surface area contributed by atoms with Crippen molar-refractivity contribution in [2.75, 3.05) is 20.2 Å². The van der Waals surface area contributed by atoms with Gasteiger partial charge in [-0.3, -0.25) is 0 Å². The summed E-state index contributed by atoms with van der Waals surface area (Å²) in [5.41, 5.74) is 0.0503. The third kappa shape index (κ3) is 5.49. The molecule has 7 heteroatoms. The highest BCUT2D eigenvalue weighted by Gasteiger charge is 2.34. The number of rotatable bonds is 8. The Kier molecular flexibility index (Phi) is 7.19. The van der Waals surface area contributed by atoms with E-state index in [-0.39, 0.29) is 24.2 Å². The number of aliphatic hydroxyl groups is 1. The van der Waals surface area contributed by atoms with Gasteiger partial charge in [-0.05, 0) is 44.4 Å². The zero-order valence-corrected chi connectivity index (χ0v) is 16.7. The van der Waals surface area contributed by atoms with Gasteiger partial charge >= 0.3 is 0 Å². The topological polar surface area (TPSA) is 69.6 Å². The summed E-state index contributed by atoms with van der Waals surface area (Å²) in [5.74, 6) is -0.363. The maximum Gasteiger partial charge on any atom is 0.216 e. The second-order valence-corrected chi connectivity index (χ2v) is 10.2. The van der Waals surface area contributed by atoms with Crippen LogP contribution in [-0.4, -0.2) is 48.8 Å². The predicted molar refractivity (Wildman–Crippen MR) is 102 cm³/mol. The number of likely N-dealkylation sites (N-methyl/N-ethyl adjacent to an activating group) is 1. The van der Waals surface area contributed by atoms with Gasteiger partial charge in [0.25, 0.3) is 0 Å². The number of sulfonamides is 1. The lowest BCUT2D eigenvalue weighted by Crippen LogP contribution is -2.52. The molecule has 1 aliphatic carbocycles. The number of nitrogens with one attached hydrogen (secondary N) is 1. The number of hydrogen-bond acceptors (Lipinski definition) is 4. The third-order valence-corrected chi connectivity index (χ3v) is 7.34. The Bertz CT molecular complexity index is 688. The standard InChI is InChI=1S/C19H31FN2O3S/c1-19(2,21-18(13-23)15-8-7-9-16(20)12-15)14-22(3)26(24,25)17-10-5-4-6-11-17/h7-9,12,17-18,21,23H,4-6,10-11,13-14H2,1-3H3/t18-/m0/s1. The zero-order valence-electron chi connectivity index (χ0n) is 15.9.